The lowest BCUT2D eigenvalue weighted by atomic mass is 10.1. The number of carbonyl (C=O) groups is 2. The predicted molar refractivity (Wildman–Crippen MR) is 81.2 cm³/mol. The first kappa shape index (κ1) is 16.4. The third-order valence-electron chi connectivity index (χ3n) is 2.26. The summed E-state index contributed by atoms with van der Waals surface area (Å²) < 4.78 is 0. The summed E-state index contributed by atoms with van der Waals surface area (Å²) in [6.45, 7) is 1.67. The van der Waals surface area contributed by atoms with E-state index in [2.05, 4.69) is 21.1 Å². The summed E-state index contributed by atoms with van der Waals surface area (Å²) in [4.78, 5) is 21.4. The molecule has 1 aromatic rings. The Morgan fingerprint density at radius 3 is 2.14 bits per heavy atom. The molecule has 1 aromatic carbocycles. The molecule has 0 aliphatic heterocycles. The van der Waals surface area contributed by atoms with Crippen LogP contribution in [0.3, 0.4) is 0 Å². The number of rotatable bonds is 5. The van der Waals surface area contributed by atoms with Gasteiger partial charge in [-0.05, 0) is 24.6 Å². The SMILES string of the molecule is CC(CC(=NNC(N)=O)c1ccc(Cl)cc1)=NNC(N)=O. The minimum Gasteiger partial charge on any atom is -0.350 e. The smallest absolute Gasteiger partial charge is 0.332 e. The first-order chi connectivity index (χ1) is 9.88. The predicted octanol–water partition coefficient (Wildman–Crippen LogP) is 1.15. The summed E-state index contributed by atoms with van der Waals surface area (Å²) in [6.07, 6.45) is 0.266. The van der Waals surface area contributed by atoms with Gasteiger partial charge in [0.1, 0.15) is 0 Å². The number of nitrogens with one attached hydrogen (secondary N) is 2. The lowest BCUT2D eigenvalue weighted by Gasteiger charge is -2.07. The van der Waals surface area contributed by atoms with Gasteiger partial charge < -0.3 is 11.5 Å². The van der Waals surface area contributed by atoms with Crippen molar-refractivity contribution in [1.82, 2.24) is 10.9 Å². The summed E-state index contributed by atoms with van der Waals surface area (Å²) in [6, 6.07) is 5.29. The van der Waals surface area contributed by atoms with E-state index in [9.17, 15) is 9.59 Å². The second-order valence-electron chi connectivity index (χ2n) is 4.04. The van der Waals surface area contributed by atoms with E-state index in [1.54, 1.807) is 31.2 Å². The molecule has 0 unspecified atom stereocenters. The van der Waals surface area contributed by atoms with E-state index in [0.717, 1.165) is 5.56 Å². The number of carbonyl (C=O) groups excluding carboxylic acids is 2. The van der Waals surface area contributed by atoms with Crippen LogP contribution in [-0.4, -0.2) is 23.5 Å². The number of urea groups is 2. The third-order valence-corrected chi connectivity index (χ3v) is 2.51. The molecular formula is C12H15ClN6O2. The van der Waals surface area contributed by atoms with E-state index in [1.165, 1.54) is 0 Å². The average Bonchev–Trinajstić information content (AvgIpc) is 2.42. The molecule has 0 fully saturated rings. The Kier molecular flexibility index (Phi) is 6.15. The first-order valence-corrected chi connectivity index (χ1v) is 6.23. The van der Waals surface area contributed by atoms with Gasteiger partial charge in [0.25, 0.3) is 0 Å². The van der Waals surface area contributed by atoms with Gasteiger partial charge in [0.15, 0.2) is 0 Å². The van der Waals surface area contributed by atoms with Crippen LogP contribution in [0.5, 0.6) is 0 Å². The minimum atomic E-state index is -0.786. The Labute approximate surface area is 126 Å². The largest absolute Gasteiger partial charge is 0.350 e. The number of benzene rings is 1. The van der Waals surface area contributed by atoms with Crippen LogP contribution < -0.4 is 22.3 Å². The van der Waals surface area contributed by atoms with Crippen molar-refractivity contribution < 1.29 is 9.59 Å². The molecule has 6 N–H and O–H groups in total. The molecule has 0 aliphatic rings. The van der Waals surface area contributed by atoms with Gasteiger partial charge in [-0.2, -0.15) is 10.2 Å². The maximum absolute atomic E-state index is 10.8. The van der Waals surface area contributed by atoms with Gasteiger partial charge in [0, 0.05) is 17.2 Å². The monoisotopic (exact) mass is 310 g/mol. The number of hydrazone groups is 2. The van der Waals surface area contributed by atoms with Gasteiger partial charge in [-0.3, -0.25) is 0 Å². The highest BCUT2D eigenvalue weighted by Gasteiger charge is 2.07. The zero-order chi connectivity index (χ0) is 15.8. The minimum absolute atomic E-state index is 0.266. The fourth-order valence-corrected chi connectivity index (χ4v) is 1.53. The summed E-state index contributed by atoms with van der Waals surface area (Å²) >= 11 is 5.82. The van der Waals surface area contributed by atoms with Crippen LogP contribution in [-0.2, 0) is 0 Å². The maximum Gasteiger partial charge on any atom is 0.332 e. The van der Waals surface area contributed by atoms with Crippen LogP contribution in [0.4, 0.5) is 9.59 Å². The topological polar surface area (TPSA) is 135 Å². The Morgan fingerprint density at radius 1 is 1.10 bits per heavy atom. The van der Waals surface area contributed by atoms with Crippen molar-refractivity contribution in [3.63, 3.8) is 0 Å². The zero-order valence-corrected chi connectivity index (χ0v) is 12.0. The highest BCUT2D eigenvalue weighted by atomic mass is 35.5. The van der Waals surface area contributed by atoms with Crippen molar-refractivity contribution in [3.05, 3.63) is 34.9 Å². The zero-order valence-electron chi connectivity index (χ0n) is 11.3. The quantitative estimate of drug-likeness (QED) is 0.479. The summed E-state index contributed by atoms with van der Waals surface area (Å²) in [5.74, 6) is 0. The number of nitrogens with two attached hydrogens (primary N) is 2. The lowest BCUT2D eigenvalue weighted by Crippen LogP contribution is -2.27. The van der Waals surface area contributed by atoms with Gasteiger partial charge in [0.2, 0.25) is 0 Å². The van der Waals surface area contributed by atoms with Gasteiger partial charge >= 0.3 is 12.1 Å². The molecule has 0 saturated carbocycles. The van der Waals surface area contributed by atoms with Crippen LogP contribution in [0, 0.1) is 0 Å². The van der Waals surface area contributed by atoms with E-state index < -0.39 is 12.1 Å². The second kappa shape index (κ2) is 7.85. The van der Waals surface area contributed by atoms with E-state index in [-0.39, 0.29) is 6.42 Å². The molecule has 0 saturated heterocycles. The Bertz CT molecular complexity index is 582. The summed E-state index contributed by atoms with van der Waals surface area (Å²) in [7, 11) is 0. The van der Waals surface area contributed by atoms with E-state index in [0.29, 0.717) is 16.4 Å². The van der Waals surface area contributed by atoms with E-state index in [4.69, 9.17) is 23.1 Å². The van der Waals surface area contributed by atoms with Gasteiger partial charge in [-0.1, -0.05) is 23.7 Å². The van der Waals surface area contributed by atoms with Crippen LogP contribution in [0.1, 0.15) is 18.9 Å². The molecule has 0 aliphatic carbocycles. The molecule has 1 rings (SSSR count). The van der Waals surface area contributed by atoms with Gasteiger partial charge in [0.05, 0.1) is 5.71 Å². The first-order valence-electron chi connectivity index (χ1n) is 5.85. The molecule has 0 spiro atoms. The fourth-order valence-electron chi connectivity index (χ4n) is 1.40. The standard InChI is InChI=1S/C12H15ClN6O2/c1-7(16-18-11(14)20)6-10(17-19-12(15)21)8-2-4-9(13)5-3-8/h2-5H,6H2,1H3,(H3,14,18,20)(H3,15,19,21). The van der Waals surface area contributed by atoms with Crippen LogP contribution in [0.25, 0.3) is 0 Å². The van der Waals surface area contributed by atoms with Gasteiger partial charge in [-0.25, -0.2) is 20.4 Å². The second-order valence-corrected chi connectivity index (χ2v) is 4.48. The molecule has 0 aromatic heterocycles. The molecule has 9 heteroatoms. The summed E-state index contributed by atoms with van der Waals surface area (Å²) in [5, 5.41) is 8.26. The number of amides is 4. The number of primary amides is 2. The fraction of sp³-hybridized carbons (Fsp3) is 0.167. The molecule has 0 bridgehead atoms. The highest BCUT2D eigenvalue weighted by Crippen LogP contribution is 2.12. The van der Waals surface area contributed by atoms with Crippen LogP contribution >= 0.6 is 11.6 Å². The Hall–Kier alpha value is -2.61. The number of hydrogen-bond donors (Lipinski definition) is 4. The highest BCUT2D eigenvalue weighted by molar-refractivity contribution is 6.30. The molecule has 8 nitrogen and oxygen atoms in total. The Balaban J connectivity index is 2.95. The normalized spacial score (nSPS) is 11.9. The molecule has 21 heavy (non-hydrogen) atoms. The van der Waals surface area contributed by atoms with Crippen molar-refractivity contribution in [1.29, 1.82) is 0 Å². The third kappa shape index (κ3) is 6.39. The average molecular weight is 311 g/mol. The molecular weight excluding hydrogens is 296 g/mol. The molecule has 0 atom stereocenters. The van der Waals surface area contributed by atoms with E-state index >= 15 is 0 Å². The molecule has 0 heterocycles. The van der Waals surface area contributed by atoms with Crippen molar-refractivity contribution in [2.45, 2.75) is 13.3 Å². The Morgan fingerprint density at radius 2 is 1.62 bits per heavy atom. The van der Waals surface area contributed by atoms with Crippen molar-refractivity contribution in [3.8, 4) is 0 Å². The van der Waals surface area contributed by atoms with Crippen molar-refractivity contribution in [2.75, 3.05) is 0 Å². The number of halogens is 1. The maximum atomic E-state index is 10.8. The lowest BCUT2D eigenvalue weighted by molar-refractivity contribution is 0.248. The molecule has 112 valence electrons. The van der Waals surface area contributed by atoms with Crippen LogP contribution in [0.2, 0.25) is 5.02 Å². The number of nitrogens with zero attached hydrogens (tertiary/aromatic N) is 2. The van der Waals surface area contributed by atoms with E-state index in [1.807, 2.05) is 0 Å². The summed E-state index contributed by atoms with van der Waals surface area (Å²) in [5.41, 5.74) is 15.9. The van der Waals surface area contributed by atoms with Gasteiger partial charge in [-0.15, -0.1) is 0 Å². The van der Waals surface area contributed by atoms with Crippen LogP contribution in [0.15, 0.2) is 34.5 Å². The number of hydrogen-bond acceptors (Lipinski definition) is 4. The van der Waals surface area contributed by atoms with Crippen molar-refractivity contribution in [2.24, 2.45) is 21.7 Å². The van der Waals surface area contributed by atoms with Crippen molar-refractivity contribution >= 4 is 35.1 Å². The molecule has 0 radical (unpaired) electrons. The molecule has 4 amide bonds.